The Bertz CT molecular complexity index is 1800. The number of aryl methyl sites for hydroxylation is 1. The fourth-order valence-corrected chi connectivity index (χ4v) is 5.41. The van der Waals surface area contributed by atoms with E-state index in [-0.39, 0.29) is 35.7 Å². The molecule has 0 aliphatic carbocycles. The van der Waals surface area contributed by atoms with Crippen LogP contribution in [-0.2, 0) is 9.59 Å². The number of alkyl halides is 3. The van der Waals surface area contributed by atoms with Gasteiger partial charge in [-0.1, -0.05) is 49.6 Å². The van der Waals surface area contributed by atoms with Crippen LogP contribution in [0.15, 0.2) is 78.0 Å². The lowest BCUT2D eigenvalue weighted by atomic mass is 9.99. The van der Waals surface area contributed by atoms with Crippen LogP contribution in [0.4, 0.5) is 18.9 Å². The van der Waals surface area contributed by atoms with Gasteiger partial charge in [0.1, 0.15) is 12.1 Å². The Hall–Kier alpha value is -4.89. The van der Waals surface area contributed by atoms with Gasteiger partial charge in [-0.3, -0.25) is 14.5 Å². The average Bonchev–Trinajstić information content (AvgIpc) is 3.62. The molecule has 1 aromatic heterocycles. The third kappa shape index (κ3) is 7.99. The third-order valence-corrected chi connectivity index (χ3v) is 7.62. The van der Waals surface area contributed by atoms with E-state index >= 15 is 0 Å². The van der Waals surface area contributed by atoms with Crippen LogP contribution in [0.2, 0.25) is 0 Å². The zero-order valence-corrected chi connectivity index (χ0v) is 25.4. The molecule has 1 fully saturated rings. The van der Waals surface area contributed by atoms with Crippen molar-refractivity contribution in [1.82, 2.24) is 14.8 Å². The van der Waals surface area contributed by atoms with Crippen molar-refractivity contribution in [3.8, 4) is 34.7 Å². The molecule has 0 radical (unpaired) electrons. The third-order valence-electron chi connectivity index (χ3n) is 6.70. The SMILES string of the molecule is Cc1ccc(C(C)C)c(N2C(=O)CSC2=NC(=O)CCC#Cc2ccc(-c3ncn(-c4ccc(OC(F)(F)F)cc4)n3)cc2)c1. The molecular formula is C33H28F3N5O3S. The quantitative estimate of drug-likeness (QED) is 0.203. The first kappa shape index (κ1) is 31.5. The summed E-state index contributed by atoms with van der Waals surface area (Å²) in [6.45, 7) is 6.09. The Balaban J connectivity index is 1.18. The van der Waals surface area contributed by atoms with Gasteiger partial charge in [-0.15, -0.1) is 18.3 Å². The number of anilines is 1. The van der Waals surface area contributed by atoms with Crippen molar-refractivity contribution < 1.29 is 27.5 Å². The van der Waals surface area contributed by atoms with Crippen LogP contribution >= 0.6 is 11.8 Å². The molecule has 0 unspecified atom stereocenters. The molecule has 4 aromatic rings. The number of carbonyl (C=O) groups is 2. The number of aromatic nitrogens is 3. The fourth-order valence-electron chi connectivity index (χ4n) is 4.54. The predicted molar refractivity (Wildman–Crippen MR) is 167 cm³/mol. The van der Waals surface area contributed by atoms with Crippen molar-refractivity contribution in [3.63, 3.8) is 0 Å². The molecule has 0 atom stereocenters. The van der Waals surface area contributed by atoms with E-state index in [4.69, 9.17) is 0 Å². The van der Waals surface area contributed by atoms with Gasteiger partial charge in [0.2, 0.25) is 11.8 Å². The summed E-state index contributed by atoms with van der Waals surface area (Å²) in [5.74, 6) is 6.13. The summed E-state index contributed by atoms with van der Waals surface area (Å²) in [4.78, 5) is 35.5. The van der Waals surface area contributed by atoms with Crippen molar-refractivity contribution in [1.29, 1.82) is 0 Å². The molecule has 2 amide bonds. The molecule has 12 heteroatoms. The Morgan fingerprint density at radius 1 is 1.09 bits per heavy atom. The van der Waals surface area contributed by atoms with Crippen LogP contribution in [0.1, 0.15) is 49.3 Å². The van der Waals surface area contributed by atoms with E-state index in [2.05, 4.69) is 45.5 Å². The summed E-state index contributed by atoms with van der Waals surface area (Å²) in [7, 11) is 0. The first-order valence-corrected chi connectivity index (χ1v) is 15.0. The van der Waals surface area contributed by atoms with Gasteiger partial charge in [-0.05, 0) is 78.6 Å². The van der Waals surface area contributed by atoms with E-state index in [0.29, 0.717) is 23.1 Å². The number of carbonyl (C=O) groups excluding carboxylic acids is 2. The molecule has 1 saturated heterocycles. The zero-order valence-electron chi connectivity index (χ0n) is 24.6. The maximum absolute atomic E-state index is 12.7. The van der Waals surface area contributed by atoms with Crippen LogP contribution in [0.5, 0.6) is 5.75 Å². The number of rotatable bonds is 7. The number of hydrogen-bond acceptors (Lipinski definition) is 6. The Kier molecular flexibility index (Phi) is 9.39. The van der Waals surface area contributed by atoms with Gasteiger partial charge in [-0.25, -0.2) is 9.67 Å². The standard InChI is InChI=1S/C33H28F3N5O3S/c1-21(2)27-17-8-22(3)18-28(27)41-30(43)19-45-32(41)38-29(42)7-5-4-6-23-9-11-24(12-10-23)31-37-20-40(39-31)25-13-15-26(16-14-25)44-33(34,35)36/h8-18,20-21H,5,7,19H2,1-3H3. The van der Waals surface area contributed by atoms with Crippen molar-refractivity contribution in [3.05, 3.63) is 89.7 Å². The van der Waals surface area contributed by atoms with Gasteiger partial charge in [0.15, 0.2) is 11.0 Å². The largest absolute Gasteiger partial charge is 0.573 e. The molecule has 0 bridgehead atoms. The number of ether oxygens (including phenoxy) is 1. The molecular weight excluding hydrogens is 603 g/mol. The molecule has 3 aromatic carbocycles. The molecule has 45 heavy (non-hydrogen) atoms. The Labute approximate surface area is 262 Å². The number of amidine groups is 1. The van der Waals surface area contributed by atoms with E-state index in [1.165, 1.54) is 47.0 Å². The number of amides is 2. The number of aliphatic imine (C=N–C) groups is 1. The van der Waals surface area contributed by atoms with Gasteiger partial charge in [0.25, 0.3) is 0 Å². The summed E-state index contributed by atoms with van der Waals surface area (Å²) < 4.78 is 42.5. The van der Waals surface area contributed by atoms with Gasteiger partial charge in [0, 0.05) is 24.0 Å². The molecule has 1 aliphatic heterocycles. The second kappa shape index (κ2) is 13.4. The number of benzene rings is 3. The van der Waals surface area contributed by atoms with E-state index in [1.807, 2.05) is 25.1 Å². The minimum atomic E-state index is -4.76. The first-order chi connectivity index (χ1) is 21.5. The summed E-state index contributed by atoms with van der Waals surface area (Å²) in [6.07, 6.45) is -2.87. The number of halogens is 3. The van der Waals surface area contributed by atoms with Crippen LogP contribution in [0.25, 0.3) is 17.1 Å². The minimum Gasteiger partial charge on any atom is -0.406 e. The monoisotopic (exact) mass is 631 g/mol. The second-order valence-electron chi connectivity index (χ2n) is 10.5. The normalized spacial score (nSPS) is 14.2. The summed E-state index contributed by atoms with van der Waals surface area (Å²) in [5, 5.41) is 4.79. The highest BCUT2D eigenvalue weighted by atomic mass is 32.2. The van der Waals surface area contributed by atoms with Crippen molar-refractivity contribution in [2.75, 3.05) is 10.7 Å². The fraction of sp³-hybridized carbons (Fsp3) is 0.242. The number of thioether (sulfide) groups is 1. The van der Waals surface area contributed by atoms with E-state index < -0.39 is 6.36 Å². The van der Waals surface area contributed by atoms with Crippen molar-refractivity contribution in [2.24, 2.45) is 4.99 Å². The molecule has 8 nitrogen and oxygen atoms in total. The van der Waals surface area contributed by atoms with Crippen LogP contribution in [0, 0.1) is 18.8 Å². The number of nitrogens with zero attached hydrogens (tertiary/aromatic N) is 5. The van der Waals surface area contributed by atoms with Crippen molar-refractivity contribution >= 4 is 34.4 Å². The van der Waals surface area contributed by atoms with E-state index in [9.17, 15) is 22.8 Å². The average molecular weight is 632 g/mol. The van der Waals surface area contributed by atoms with Crippen molar-refractivity contribution in [2.45, 2.75) is 45.9 Å². The second-order valence-corrected chi connectivity index (χ2v) is 11.4. The highest BCUT2D eigenvalue weighted by molar-refractivity contribution is 8.15. The molecule has 0 N–H and O–H groups in total. The molecule has 0 spiro atoms. The maximum Gasteiger partial charge on any atom is 0.573 e. The molecule has 5 rings (SSSR count). The smallest absolute Gasteiger partial charge is 0.406 e. The molecule has 2 heterocycles. The Morgan fingerprint density at radius 3 is 2.51 bits per heavy atom. The minimum absolute atomic E-state index is 0.0992. The number of hydrogen-bond donors (Lipinski definition) is 0. The summed E-state index contributed by atoms with van der Waals surface area (Å²) >= 11 is 1.26. The maximum atomic E-state index is 12.7. The first-order valence-electron chi connectivity index (χ1n) is 14.0. The molecule has 0 saturated carbocycles. The lowest BCUT2D eigenvalue weighted by Gasteiger charge is -2.22. The van der Waals surface area contributed by atoms with E-state index in [1.54, 1.807) is 29.2 Å². The highest BCUT2D eigenvalue weighted by Gasteiger charge is 2.32. The lowest BCUT2D eigenvalue weighted by molar-refractivity contribution is -0.274. The Morgan fingerprint density at radius 2 is 1.82 bits per heavy atom. The topological polar surface area (TPSA) is 89.7 Å². The van der Waals surface area contributed by atoms with Crippen LogP contribution in [-0.4, -0.2) is 43.9 Å². The predicted octanol–water partition coefficient (Wildman–Crippen LogP) is 7.06. The summed E-state index contributed by atoms with van der Waals surface area (Å²) in [6, 6.07) is 18.5. The van der Waals surface area contributed by atoms with Gasteiger partial charge < -0.3 is 4.74 Å². The molecule has 230 valence electrons. The lowest BCUT2D eigenvalue weighted by Crippen LogP contribution is -2.31. The zero-order chi connectivity index (χ0) is 32.1. The highest BCUT2D eigenvalue weighted by Crippen LogP contribution is 2.34. The molecule has 1 aliphatic rings. The van der Waals surface area contributed by atoms with Gasteiger partial charge in [-0.2, -0.15) is 4.99 Å². The van der Waals surface area contributed by atoms with Crippen LogP contribution < -0.4 is 9.64 Å². The van der Waals surface area contributed by atoms with Gasteiger partial charge >= 0.3 is 6.36 Å². The van der Waals surface area contributed by atoms with Crippen LogP contribution in [0.3, 0.4) is 0 Å². The summed E-state index contributed by atoms with van der Waals surface area (Å²) in [5.41, 5.74) is 4.79. The van der Waals surface area contributed by atoms with E-state index in [0.717, 1.165) is 27.9 Å². The van der Waals surface area contributed by atoms with Gasteiger partial charge in [0.05, 0.1) is 17.1 Å².